The molecule has 0 aliphatic heterocycles. The second-order valence-electron chi connectivity index (χ2n) is 3.26. The molecule has 8 heteroatoms. The van der Waals surface area contributed by atoms with E-state index >= 15 is 0 Å². The molecule has 1 aromatic rings. The minimum atomic E-state index is -1.32. The second kappa shape index (κ2) is 5.94. The molecule has 0 aliphatic rings. The van der Waals surface area contributed by atoms with Crippen LogP contribution in [-0.4, -0.2) is 34.2 Å². The molecule has 1 heterocycles. The van der Waals surface area contributed by atoms with Crippen molar-refractivity contribution in [1.29, 1.82) is 0 Å². The van der Waals surface area contributed by atoms with Crippen LogP contribution < -0.4 is 5.32 Å². The van der Waals surface area contributed by atoms with Gasteiger partial charge in [0.15, 0.2) is 6.04 Å². The van der Waals surface area contributed by atoms with E-state index in [2.05, 4.69) is 37.2 Å². The topological polar surface area (TPSA) is 86.6 Å². The zero-order valence-corrected chi connectivity index (χ0v) is 12.6. The molecule has 17 heavy (non-hydrogen) atoms. The molecule has 0 aromatic carbocycles. The van der Waals surface area contributed by atoms with Gasteiger partial charge in [0.2, 0.25) is 0 Å². The summed E-state index contributed by atoms with van der Waals surface area (Å²) in [6, 6.07) is 0.257. The minimum absolute atomic E-state index is 0.357. The quantitative estimate of drug-likeness (QED) is 0.736. The van der Waals surface area contributed by atoms with E-state index in [1.54, 1.807) is 6.07 Å². The van der Waals surface area contributed by atoms with Gasteiger partial charge in [-0.25, -0.2) is 4.79 Å². The Balaban J connectivity index is 2.81. The Kier molecular flexibility index (Phi) is 5.11. The van der Waals surface area contributed by atoms with Crippen molar-refractivity contribution in [2.75, 3.05) is 0 Å². The van der Waals surface area contributed by atoms with E-state index in [-0.39, 0.29) is 0 Å². The Bertz CT molecular complexity index is 427. The molecule has 0 saturated heterocycles. The molecule has 0 spiro atoms. The van der Waals surface area contributed by atoms with Gasteiger partial charge < -0.3 is 15.5 Å². The molecule has 0 unspecified atom stereocenters. The number of thiophene rings is 1. The maximum atomic E-state index is 11.7. The van der Waals surface area contributed by atoms with Crippen LogP contribution in [0.2, 0.25) is 0 Å². The fraction of sp³-hybridized carbons (Fsp3) is 0.333. The summed E-state index contributed by atoms with van der Waals surface area (Å²) in [5.74, 6) is -1.81. The number of aliphatic carboxylic acids is 1. The van der Waals surface area contributed by atoms with Crippen LogP contribution in [0.1, 0.15) is 16.6 Å². The lowest BCUT2D eigenvalue weighted by molar-refractivity contribution is -0.141. The number of carboxylic acids is 1. The van der Waals surface area contributed by atoms with Crippen LogP contribution in [0.25, 0.3) is 0 Å². The number of nitrogens with one attached hydrogen (secondary N) is 1. The van der Waals surface area contributed by atoms with Crippen LogP contribution in [0.15, 0.2) is 14.3 Å². The van der Waals surface area contributed by atoms with Crippen LogP contribution in [0.3, 0.4) is 0 Å². The number of carbonyl (C=O) groups is 2. The van der Waals surface area contributed by atoms with Crippen molar-refractivity contribution in [3.05, 3.63) is 19.2 Å². The van der Waals surface area contributed by atoms with Gasteiger partial charge in [-0.15, -0.1) is 11.3 Å². The Hall–Kier alpha value is -0.440. The van der Waals surface area contributed by atoms with Crippen molar-refractivity contribution in [3.8, 4) is 0 Å². The van der Waals surface area contributed by atoms with Crippen LogP contribution in [-0.2, 0) is 4.79 Å². The number of aliphatic hydroxyl groups excluding tert-OH is 1. The summed E-state index contributed by atoms with van der Waals surface area (Å²) in [6.45, 7) is 1.30. The van der Waals surface area contributed by atoms with Gasteiger partial charge >= 0.3 is 5.97 Å². The predicted octanol–water partition coefficient (Wildman–Crippen LogP) is 1.84. The summed E-state index contributed by atoms with van der Waals surface area (Å²) in [5, 5.41) is 20.3. The monoisotopic (exact) mass is 385 g/mol. The SMILES string of the molecule is C[C@@H](O)[C@H](NC(=O)c1cc(Br)c(Br)s1)C(=O)O. The highest BCUT2D eigenvalue weighted by molar-refractivity contribution is 9.13. The first-order valence-corrected chi connectivity index (χ1v) is 6.89. The fourth-order valence-corrected chi connectivity index (χ4v) is 3.00. The van der Waals surface area contributed by atoms with E-state index in [1.807, 2.05) is 0 Å². The van der Waals surface area contributed by atoms with Gasteiger partial charge in [0.05, 0.1) is 14.8 Å². The van der Waals surface area contributed by atoms with Crippen molar-refractivity contribution >= 4 is 55.1 Å². The van der Waals surface area contributed by atoms with Crippen LogP contribution in [0.4, 0.5) is 0 Å². The lowest BCUT2D eigenvalue weighted by atomic mass is 10.2. The Morgan fingerprint density at radius 1 is 1.47 bits per heavy atom. The first-order valence-electron chi connectivity index (χ1n) is 4.49. The molecule has 94 valence electrons. The molecular formula is C9H9Br2NO4S. The molecule has 1 amide bonds. The number of aliphatic hydroxyl groups is 1. The van der Waals surface area contributed by atoms with Gasteiger partial charge in [0.25, 0.3) is 5.91 Å². The highest BCUT2D eigenvalue weighted by atomic mass is 79.9. The normalized spacial score (nSPS) is 14.1. The zero-order chi connectivity index (χ0) is 13.2. The molecule has 5 nitrogen and oxygen atoms in total. The fourth-order valence-electron chi connectivity index (χ4n) is 1.06. The van der Waals surface area contributed by atoms with E-state index in [4.69, 9.17) is 5.11 Å². The molecular weight excluding hydrogens is 378 g/mol. The first kappa shape index (κ1) is 14.6. The summed E-state index contributed by atoms with van der Waals surface area (Å²) in [7, 11) is 0. The van der Waals surface area contributed by atoms with E-state index < -0.39 is 24.0 Å². The summed E-state index contributed by atoms with van der Waals surface area (Å²) in [5.41, 5.74) is 0. The van der Waals surface area contributed by atoms with Crippen molar-refractivity contribution in [2.45, 2.75) is 19.1 Å². The van der Waals surface area contributed by atoms with E-state index in [1.165, 1.54) is 18.3 Å². The van der Waals surface area contributed by atoms with Crippen molar-refractivity contribution < 1.29 is 19.8 Å². The molecule has 2 atom stereocenters. The number of hydrogen-bond donors (Lipinski definition) is 3. The lowest BCUT2D eigenvalue weighted by Crippen LogP contribution is -2.47. The lowest BCUT2D eigenvalue weighted by Gasteiger charge is -2.16. The molecule has 1 rings (SSSR count). The Morgan fingerprint density at radius 2 is 2.06 bits per heavy atom. The molecule has 0 saturated carbocycles. The van der Waals surface area contributed by atoms with E-state index in [0.717, 1.165) is 8.26 Å². The van der Waals surface area contributed by atoms with E-state index in [9.17, 15) is 14.7 Å². The predicted molar refractivity (Wildman–Crippen MR) is 70.3 cm³/mol. The standard InChI is InChI=1S/C9H9Br2NO4S/c1-3(13)6(9(15)16)12-8(14)5-2-4(10)7(11)17-5/h2-3,6,13H,1H3,(H,12,14)(H,15,16)/t3-,6+/m1/s1. The summed E-state index contributed by atoms with van der Waals surface area (Å²) < 4.78 is 1.46. The van der Waals surface area contributed by atoms with Gasteiger partial charge in [0, 0.05) is 4.47 Å². The zero-order valence-electron chi connectivity index (χ0n) is 8.61. The van der Waals surface area contributed by atoms with Crippen molar-refractivity contribution in [3.63, 3.8) is 0 Å². The van der Waals surface area contributed by atoms with E-state index in [0.29, 0.717) is 4.88 Å². The molecule has 0 aliphatic carbocycles. The largest absolute Gasteiger partial charge is 0.480 e. The molecule has 3 N–H and O–H groups in total. The summed E-state index contributed by atoms with van der Waals surface area (Å²) in [6.07, 6.45) is -1.16. The molecule has 0 fully saturated rings. The van der Waals surface area contributed by atoms with Crippen molar-refractivity contribution in [2.24, 2.45) is 0 Å². The highest BCUT2D eigenvalue weighted by Gasteiger charge is 2.26. The van der Waals surface area contributed by atoms with Crippen LogP contribution in [0, 0.1) is 0 Å². The molecule has 0 radical (unpaired) electrons. The van der Waals surface area contributed by atoms with Gasteiger partial charge in [-0.05, 0) is 44.8 Å². The van der Waals surface area contributed by atoms with Gasteiger partial charge in [-0.2, -0.15) is 0 Å². The summed E-state index contributed by atoms with van der Waals surface area (Å²) in [4.78, 5) is 22.9. The maximum Gasteiger partial charge on any atom is 0.328 e. The van der Waals surface area contributed by atoms with Gasteiger partial charge in [0.1, 0.15) is 0 Å². The van der Waals surface area contributed by atoms with Gasteiger partial charge in [-0.3, -0.25) is 4.79 Å². The Morgan fingerprint density at radius 3 is 2.41 bits per heavy atom. The first-order chi connectivity index (χ1) is 7.82. The molecule has 1 aromatic heterocycles. The second-order valence-corrected chi connectivity index (χ2v) is 6.49. The third kappa shape index (κ3) is 3.77. The number of rotatable bonds is 4. The number of halogens is 2. The smallest absolute Gasteiger partial charge is 0.328 e. The maximum absolute atomic E-state index is 11.7. The number of hydrogen-bond acceptors (Lipinski definition) is 4. The van der Waals surface area contributed by atoms with Gasteiger partial charge in [-0.1, -0.05) is 0 Å². The highest BCUT2D eigenvalue weighted by Crippen LogP contribution is 2.32. The van der Waals surface area contributed by atoms with Crippen LogP contribution >= 0.6 is 43.2 Å². The van der Waals surface area contributed by atoms with Crippen LogP contribution in [0.5, 0.6) is 0 Å². The number of carboxylic acid groups (broad SMARTS) is 1. The minimum Gasteiger partial charge on any atom is -0.480 e. The average molecular weight is 387 g/mol. The van der Waals surface area contributed by atoms with Crippen molar-refractivity contribution in [1.82, 2.24) is 5.32 Å². The number of amides is 1. The number of carbonyl (C=O) groups excluding carboxylic acids is 1. The summed E-state index contributed by atoms with van der Waals surface area (Å²) >= 11 is 7.63. The third-order valence-corrected chi connectivity index (χ3v) is 5.16. The Labute approximate surface area is 118 Å². The molecule has 0 bridgehead atoms. The average Bonchev–Trinajstić information content (AvgIpc) is 2.54. The third-order valence-electron chi connectivity index (χ3n) is 1.90.